The van der Waals surface area contributed by atoms with E-state index in [-0.39, 0.29) is 6.10 Å². The SMILES string of the molecule is COc1cc(-c2nnc3sc([C@@H]4COc5ccccc5O4)nn23)cc(OC)c1OC. The molecule has 30 heavy (non-hydrogen) atoms. The van der Waals surface area contributed by atoms with Gasteiger partial charge in [0.25, 0.3) is 0 Å². The molecule has 0 radical (unpaired) electrons. The highest BCUT2D eigenvalue weighted by Crippen LogP contribution is 2.41. The Bertz CT molecular complexity index is 1200. The summed E-state index contributed by atoms with van der Waals surface area (Å²) >= 11 is 1.41. The first kappa shape index (κ1) is 18.5. The molecular formula is C20H18N4O5S. The summed E-state index contributed by atoms with van der Waals surface area (Å²) in [5, 5.41) is 14.0. The van der Waals surface area contributed by atoms with Gasteiger partial charge in [0, 0.05) is 5.56 Å². The van der Waals surface area contributed by atoms with Gasteiger partial charge in [0.05, 0.1) is 21.3 Å². The van der Waals surface area contributed by atoms with Gasteiger partial charge < -0.3 is 23.7 Å². The zero-order valence-corrected chi connectivity index (χ0v) is 17.3. The fraction of sp³-hybridized carbons (Fsp3) is 0.250. The summed E-state index contributed by atoms with van der Waals surface area (Å²) in [7, 11) is 4.70. The Morgan fingerprint density at radius 3 is 2.43 bits per heavy atom. The second-order valence-corrected chi connectivity index (χ2v) is 7.42. The van der Waals surface area contributed by atoms with Crippen LogP contribution < -0.4 is 23.7 Å². The topological polar surface area (TPSA) is 89.2 Å². The average Bonchev–Trinajstić information content (AvgIpc) is 3.38. The molecule has 1 aliphatic rings. The maximum Gasteiger partial charge on any atom is 0.235 e. The lowest BCUT2D eigenvalue weighted by atomic mass is 10.1. The first-order chi connectivity index (χ1) is 14.7. The summed E-state index contributed by atoms with van der Waals surface area (Å²) < 4.78 is 29.9. The summed E-state index contributed by atoms with van der Waals surface area (Å²) in [6.07, 6.45) is -0.320. The average molecular weight is 426 g/mol. The van der Waals surface area contributed by atoms with E-state index in [0.717, 1.165) is 16.3 Å². The molecule has 0 unspecified atom stereocenters. The van der Waals surface area contributed by atoms with Crippen molar-refractivity contribution in [3.63, 3.8) is 0 Å². The van der Waals surface area contributed by atoms with Gasteiger partial charge in [-0.2, -0.15) is 9.61 Å². The van der Waals surface area contributed by atoms with Crippen LogP contribution in [-0.2, 0) is 0 Å². The third-order valence-electron chi connectivity index (χ3n) is 4.71. The third kappa shape index (κ3) is 2.96. The highest BCUT2D eigenvalue weighted by Gasteiger charge is 2.27. The maximum absolute atomic E-state index is 6.07. The fourth-order valence-electron chi connectivity index (χ4n) is 3.29. The minimum absolute atomic E-state index is 0.320. The zero-order chi connectivity index (χ0) is 20.7. The number of aromatic nitrogens is 4. The lowest BCUT2D eigenvalue weighted by Gasteiger charge is -2.24. The molecule has 1 atom stereocenters. The molecule has 10 heteroatoms. The molecule has 0 N–H and O–H groups in total. The number of fused-ring (bicyclic) bond motifs is 2. The second kappa shape index (κ2) is 7.38. The molecule has 0 amide bonds. The van der Waals surface area contributed by atoms with E-state index in [9.17, 15) is 0 Å². The molecular weight excluding hydrogens is 408 g/mol. The lowest BCUT2D eigenvalue weighted by Crippen LogP contribution is -2.21. The number of rotatable bonds is 5. The molecule has 2 aromatic heterocycles. The highest BCUT2D eigenvalue weighted by atomic mass is 32.1. The van der Waals surface area contributed by atoms with Crippen LogP contribution in [0.4, 0.5) is 0 Å². The largest absolute Gasteiger partial charge is 0.493 e. The van der Waals surface area contributed by atoms with E-state index in [4.69, 9.17) is 28.8 Å². The number of para-hydroxylation sites is 2. The van der Waals surface area contributed by atoms with E-state index >= 15 is 0 Å². The monoisotopic (exact) mass is 426 g/mol. The first-order valence-corrected chi connectivity index (χ1v) is 9.94. The summed E-state index contributed by atoms with van der Waals surface area (Å²) in [4.78, 5) is 0.649. The molecule has 0 aliphatic carbocycles. The first-order valence-electron chi connectivity index (χ1n) is 9.12. The van der Waals surface area contributed by atoms with E-state index < -0.39 is 0 Å². The molecule has 0 bridgehead atoms. The van der Waals surface area contributed by atoms with Crippen molar-refractivity contribution < 1.29 is 23.7 Å². The molecule has 4 aromatic rings. The van der Waals surface area contributed by atoms with Gasteiger partial charge in [-0.1, -0.05) is 23.5 Å². The van der Waals surface area contributed by atoms with Crippen LogP contribution >= 0.6 is 11.3 Å². The maximum atomic E-state index is 6.07. The van der Waals surface area contributed by atoms with Gasteiger partial charge in [-0.15, -0.1) is 10.2 Å². The quantitative estimate of drug-likeness (QED) is 0.480. The normalized spacial score (nSPS) is 15.2. The summed E-state index contributed by atoms with van der Waals surface area (Å²) in [5.74, 6) is 3.55. The molecule has 0 fully saturated rings. The fourth-order valence-corrected chi connectivity index (χ4v) is 4.15. The van der Waals surface area contributed by atoms with Gasteiger partial charge in [-0.05, 0) is 24.3 Å². The van der Waals surface area contributed by atoms with E-state index in [1.165, 1.54) is 11.3 Å². The predicted molar refractivity (Wildman–Crippen MR) is 109 cm³/mol. The van der Waals surface area contributed by atoms with Crippen molar-refractivity contribution in [3.8, 4) is 40.1 Å². The third-order valence-corrected chi connectivity index (χ3v) is 5.70. The number of methoxy groups -OCH3 is 3. The van der Waals surface area contributed by atoms with Crippen LogP contribution in [0.3, 0.4) is 0 Å². The minimum atomic E-state index is -0.320. The smallest absolute Gasteiger partial charge is 0.235 e. The highest BCUT2D eigenvalue weighted by molar-refractivity contribution is 7.16. The van der Waals surface area contributed by atoms with Crippen molar-refractivity contribution in [2.24, 2.45) is 0 Å². The molecule has 0 spiro atoms. The van der Waals surface area contributed by atoms with Crippen LogP contribution in [0, 0.1) is 0 Å². The Morgan fingerprint density at radius 2 is 1.73 bits per heavy atom. The van der Waals surface area contributed by atoms with E-state index in [2.05, 4.69) is 10.2 Å². The minimum Gasteiger partial charge on any atom is -0.493 e. The van der Waals surface area contributed by atoms with Crippen LogP contribution in [-0.4, -0.2) is 47.7 Å². The Kier molecular flexibility index (Phi) is 4.55. The van der Waals surface area contributed by atoms with E-state index in [1.54, 1.807) is 25.8 Å². The van der Waals surface area contributed by atoms with Crippen LogP contribution in [0.15, 0.2) is 36.4 Å². The van der Waals surface area contributed by atoms with Crippen molar-refractivity contribution in [2.75, 3.05) is 27.9 Å². The van der Waals surface area contributed by atoms with Crippen LogP contribution in [0.25, 0.3) is 16.3 Å². The summed E-state index contributed by atoms with van der Waals surface area (Å²) in [6, 6.07) is 11.2. The Hall–Kier alpha value is -3.53. The van der Waals surface area contributed by atoms with Crippen molar-refractivity contribution in [1.29, 1.82) is 0 Å². The van der Waals surface area contributed by atoms with Gasteiger partial charge >= 0.3 is 0 Å². The standard InChI is InChI=1S/C20H18N4O5S/c1-25-14-8-11(9-15(26-2)17(14)27-3)18-21-22-20-24(18)23-19(30-20)16-10-28-12-6-4-5-7-13(12)29-16/h4-9,16H,10H2,1-3H3/t16-/m0/s1. The van der Waals surface area contributed by atoms with E-state index in [1.807, 2.05) is 36.4 Å². The van der Waals surface area contributed by atoms with Crippen molar-refractivity contribution in [2.45, 2.75) is 6.10 Å². The van der Waals surface area contributed by atoms with Gasteiger partial charge in [-0.3, -0.25) is 0 Å². The van der Waals surface area contributed by atoms with Crippen molar-refractivity contribution in [1.82, 2.24) is 19.8 Å². The zero-order valence-electron chi connectivity index (χ0n) is 16.5. The van der Waals surface area contributed by atoms with Gasteiger partial charge in [0.15, 0.2) is 39.9 Å². The van der Waals surface area contributed by atoms with Crippen molar-refractivity contribution in [3.05, 3.63) is 41.4 Å². The number of hydrogen-bond donors (Lipinski definition) is 0. The van der Waals surface area contributed by atoms with Crippen LogP contribution in [0.2, 0.25) is 0 Å². The molecule has 3 heterocycles. The molecule has 2 aromatic carbocycles. The van der Waals surface area contributed by atoms with Gasteiger partial charge in [0.1, 0.15) is 6.61 Å². The molecule has 5 rings (SSSR count). The number of hydrogen-bond acceptors (Lipinski definition) is 9. The van der Waals surface area contributed by atoms with Gasteiger partial charge in [-0.25, -0.2) is 0 Å². The number of benzene rings is 2. The van der Waals surface area contributed by atoms with Gasteiger partial charge in [0.2, 0.25) is 10.7 Å². The van der Waals surface area contributed by atoms with Crippen molar-refractivity contribution >= 4 is 16.3 Å². The number of nitrogens with zero attached hydrogens (tertiary/aromatic N) is 4. The number of ether oxygens (including phenoxy) is 5. The summed E-state index contributed by atoms with van der Waals surface area (Å²) in [5.41, 5.74) is 0.736. The molecule has 9 nitrogen and oxygen atoms in total. The Labute approximate surface area is 175 Å². The molecule has 154 valence electrons. The van der Waals surface area contributed by atoms with Crippen LogP contribution in [0.5, 0.6) is 28.7 Å². The van der Waals surface area contributed by atoms with Crippen LogP contribution in [0.1, 0.15) is 11.1 Å². The summed E-state index contributed by atoms with van der Waals surface area (Å²) in [6.45, 7) is 0.376. The Balaban J connectivity index is 1.53. The molecule has 1 aliphatic heterocycles. The predicted octanol–water partition coefficient (Wildman–Crippen LogP) is 3.39. The van der Waals surface area contributed by atoms with E-state index in [0.29, 0.717) is 40.4 Å². The molecule has 0 saturated carbocycles. The second-order valence-electron chi connectivity index (χ2n) is 6.44. The lowest BCUT2D eigenvalue weighted by molar-refractivity contribution is 0.0904. The Morgan fingerprint density at radius 1 is 1.00 bits per heavy atom. The molecule has 0 saturated heterocycles.